The second-order valence-electron chi connectivity index (χ2n) is 7.88. The van der Waals surface area contributed by atoms with E-state index in [1.54, 1.807) is 30.6 Å². The summed E-state index contributed by atoms with van der Waals surface area (Å²) in [5, 5.41) is 0. The van der Waals surface area contributed by atoms with Crippen molar-refractivity contribution in [2.24, 2.45) is 5.92 Å². The number of imidazole rings is 1. The maximum Gasteiger partial charge on any atom is 0.309 e. The van der Waals surface area contributed by atoms with Crippen LogP contribution >= 0.6 is 0 Å². The van der Waals surface area contributed by atoms with E-state index in [4.69, 9.17) is 10.5 Å². The van der Waals surface area contributed by atoms with Crippen LogP contribution in [0.25, 0.3) is 11.2 Å². The lowest BCUT2D eigenvalue weighted by Crippen LogP contribution is -2.40. The molecule has 1 fully saturated rings. The molecule has 11 heteroatoms. The minimum atomic E-state index is -3.54. The lowest BCUT2D eigenvalue weighted by atomic mass is 9.98. The van der Waals surface area contributed by atoms with Crippen LogP contribution in [-0.2, 0) is 26.1 Å². The van der Waals surface area contributed by atoms with Gasteiger partial charge in [-0.1, -0.05) is 17.7 Å². The zero-order valence-electron chi connectivity index (χ0n) is 17.8. The van der Waals surface area contributed by atoms with Crippen molar-refractivity contribution >= 4 is 33.0 Å². The van der Waals surface area contributed by atoms with Crippen molar-refractivity contribution in [2.45, 2.75) is 37.6 Å². The number of carbonyl (C=O) groups excluding carboxylic acids is 1. The van der Waals surface area contributed by atoms with Crippen LogP contribution in [0.15, 0.2) is 41.8 Å². The van der Waals surface area contributed by atoms with E-state index in [0.717, 1.165) is 5.56 Å². The molecule has 3 aromatic rings. The number of nitrogens with two attached hydrogens (primary N) is 1. The molecule has 170 valence electrons. The predicted octanol–water partition coefficient (Wildman–Crippen LogP) is 1.75. The van der Waals surface area contributed by atoms with Gasteiger partial charge in [0.25, 0.3) is 0 Å². The first-order chi connectivity index (χ1) is 15.4. The number of fused-ring (bicyclic) bond motifs is 1. The van der Waals surface area contributed by atoms with Gasteiger partial charge in [0.15, 0.2) is 11.5 Å². The highest BCUT2D eigenvalue weighted by Gasteiger charge is 2.32. The molecule has 2 aromatic heterocycles. The number of aromatic nitrogens is 4. The van der Waals surface area contributed by atoms with E-state index in [0.29, 0.717) is 55.9 Å². The van der Waals surface area contributed by atoms with Crippen molar-refractivity contribution in [2.75, 3.05) is 25.4 Å². The molecule has 1 aromatic carbocycles. The number of piperidine rings is 1. The average molecular weight is 459 g/mol. The van der Waals surface area contributed by atoms with E-state index >= 15 is 0 Å². The van der Waals surface area contributed by atoms with Crippen LogP contribution in [-0.4, -0.2) is 57.9 Å². The summed E-state index contributed by atoms with van der Waals surface area (Å²) in [5.41, 5.74) is 7.99. The Morgan fingerprint density at radius 2 is 1.88 bits per heavy atom. The third kappa shape index (κ3) is 4.58. The number of rotatable bonds is 7. The van der Waals surface area contributed by atoms with Crippen LogP contribution < -0.4 is 5.73 Å². The molecule has 1 aliphatic heterocycles. The van der Waals surface area contributed by atoms with Crippen molar-refractivity contribution in [3.63, 3.8) is 0 Å². The molecule has 32 heavy (non-hydrogen) atoms. The van der Waals surface area contributed by atoms with Gasteiger partial charge in [0.2, 0.25) is 10.0 Å². The fourth-order valence-corrected chi connectivity index (χ4v) is 5.25. The first kappa shape index (κ1) is 22.2. The molecule has 0 radical (unpaired) electrons. The number of nitrogens with zero attached hydrogens (tertiary/aromatic N) is 5. The van der Waals surface area contributed by atoms with Gasteiger partial charge in [-0.05, 0) is 38.3 Å². The maximum atomic E-state index is 12.8. The number of ether oxygens (including phenoxy) is 1. The number of carbonyl (C=O) groups is 1. The lowest BCUT2D eigenvalue weighted by Gasteiger charge is -2.30. The van der Waals surface area contributed by atoms with Gasteiger partial charge in [-0.3, -0.25) is 4.79 Å². The molecule has 0 saturated carbocycles. The molecule has 1 aliphatic rings. The van der Waals surface area contributed by atoms with Gasteiger partial charge in [-0.2, -0.15) is 4.31 Å². The molecule has 2 N–H and O–H groups in total. The minimum absolute atomic E-state index is 0.265. The molecule has 0 unspecified atom stereocenters. The largest absolute Gasteiger partial charge is 0.465 e. The molecular weight excluding hydrogens is 432 g/mol. The predicted molar refractivity (Wildman–Crippen MR) is 118 cm³/mol. The fourth-order valence-electron chi connectivity index (χ4n) is 3.78. The lowest BCUT2D eigenvalue weighted by molar-refractivity contribution is -0.150. The topological polar surface area (TPSA) is 133 Å². The fraction of sp³-hybridized carbons (Fsp3) is 0.429. The molecular formula is C21H26N6O4S. The number of aryl methyl sites for hydroxylation is 2. The van der Waals surface area contributed by atoms with Gasteiger partial charge in [-0.25, -0.2) is 23.4 Å². The van der Waals surface area contributed by atoms with Gasteiger partial charge in [-0.15, -0.1) is 0 Å². The average Bonchev–Trinajstić information content (AvgIpc) is 3.21. The third-order valence-electron chi connectivity index (χ3n) is 5.66. The van der Waals surface area contributed by atoms with Crippen LogP contribution in [0, 0.1) is 12.8 Å². The van der Waals surface area contributed by atoms with E-state index in [2.05, 4.69) is 15.0 Å². The van der Waals surface area contributed by atoms with Gasteiger partial charge in [0.1, 0.15) is 11.8 Å². The number of nitrogen functional groups attached to an aromatic ring is 1. The third-order valence-corrected chi connectivity index (χ3v) is 7.58. The number of esters is 1. The molecule has 0 atom stereocenters. The van der Waals surface area contributed by atoms with Crippen molar-refractivity contribution < 1.29 is 17.9 Å². The second-order valence-corrected chi connectivity index (χ2v) is 9.82. The van der Waals surface area contributed by atoms with Gasteiger partial charge in [0.05, 0.1) is 23.7 Å². The number of anilines is 1. The van der Waals surface area contributed by atoms with Crippen LogP contribution in [0.1, 0.15) is 24.8 Å². The monoisotopic (exact) mass is 458 g/mol. The summed E-state index contributed by atoms with van der Waals surface area (Å²) in [6.07, 6.45) is 4.53. The zero-order valence-corrected chi connectivity index (χ0v) is 18.7. The van der Waals surface area contributed by atoms with Crippen molar-refractivity contribution in [1.29, 1.82) is 0 Å². The highest BCUT2D eigenvalue weighted by molar-refractivity contribution is 7.89. The summed E-state index contributed by atoms with van der Waals surface area (Å²) in [7, 11) is -3.54. The Morgan fingerprint density at radius 3 is 2.59 bits per heavy atom. The van der Waals surface area contributed by atoms with E-state index in [-0.39, 0.29) is 23.4 Å². The molecule has 0 bridgehead atoms. The molecule has 1 saturated heterocycles. The van der Waals surface area contributed by atoms with Crippen LogP contribution in [0.2, 0.25) is 0 Å². The Morgan fingerprint density at radius 1 is 1.16 bits per heavy atom. The van der Waals surface area contributed by atoms with E-state index in [9.17, 15) is 13.2 Å². The Hall–Kier alpha value is -3.05. The summed E-state index contributed by atoms with van der Waals surface area (Å²) in [6.45, 7) is 3.36. The second kappa shape index (κ2) is 9.21. The number of benzene rings is 1. The Balaban J connectivity index is 1.24. The van der Waals surface area contributed by atoms with E-state index in [1.807, 2.05) is 11.5 Å². The first-order valence-corrected chi connectivity index (χ1v) is 11.9. The molecule has 0 aliphatic carbocycles. The number of sulfonamides is 1. The summed E-state index contributed by atoms with van der Waals surface area (Å²) in [5.74, 6) is -0.239. The zero-order chi connectivity index (χ0) is 22.7. The Bertz CT molecular complexity index is 1200. The highest BCUT2D eigenvalue weighted by Crippen LogP contribution is 2.25. The Kier molecular flexibility index (Phi) is 6.38. The summed E-state index contributed by atoms with van der Waals surface area (Å²) in [4.78, 5) is 25.0. The normalized spacial score (nSPS) is 15.8. The number of hydrogen-bond acceptors (Lipinski definition) is 8. The standard InChI is InChI=1S/C21H26N6O4S/c1-15-3-5-17(6-4-15)32(29,30)27-10-7-16(8-11-27)21(28)31-12-2-9-26-14-25-18-19(22)23-13-24-20(18)26/h3-6,13-14,16H,2,7-12H2,1H3,(H2,22,23,24). The van der Waals surface area contributed by atoms with E-state index in [1.165, 1.54) is 10.6 Å². The van der Waals surface area contributed by atoms with E-state index < -0.39 is 10.0 Å². The van der Waals surface area contributed by atoms with Gasteiger partial charge < -0.3 is 15.0 Å². The SMILES string of the molecule is Cc1ccc(S(=O)(=O)N2CCC(C(=O)OCCCn3cnc4c(N)ncnc43)CC2)cc1. The van der Waals surface area contributed by atoms with Crippen molar-refractivity contribution in [3.05, 3.63) is 42.5 Å². The molecule has 4 rings (SSSR count). The van der Waals surface area contributed by atoms with Crippen LogP contribution in [0.5, 0.6) is 0 Å². The quantitative estimate of drug-likeness (QED) is 0.418. The Labute approximate surface area is 186 Å². The summed E-state index contributed by atoms with van der Waals surface area (Å²) < 4.78 is 34.3. The molecule has 3 heterocycles. The van der Waals surface area contributed by atoms with Crippen molar-refractivity contribution in [3.8, 4) is 0 Å². The van der Waals surface area contributed by atoms with Gasteiger partial charge in [0, 0.05) is 19.6 Å². The maximum absolute atomic E-state index is 12.8. The summed E-state index contributed by atoms with van der Waals surface area (Å²) in [6, 6.07) is 6.81. The smallest absolute Gasteiger partial charge is 0.309 e. The van der Waals surface area contributed by atoms with Crippen LogP contribution in [0.3, 0.4) is 0 Å². The summed E-state index contributed by atoms with van der Waals surface area (Å²) >= 11 is 0. The molecule has 0 amide bonds. The van der Waals surface area contributed by atoms with Crippen LogP contribution in [0.4, 0.5) is 5.82 Å². The minimum Gasteiger partial charge on any atom is -0.465 e. The number of hydrogen-bond donors (Lipinski definition) is 1. The molecule has 10 nitrogen and oxygen atoms in total. The molecule has 0 spiro atoms. The van der Waals surface area contributed by atoms with Gasteiger partial charge >= 0.3 is 5.97 Å². The van der Waals surface area contributed by atoms with Crippen molar-refractivity contribution in [1.82, 2.24) is 23.8 Å². The highest BCUT2D eigenvalue weighted by atomic mass is 32.2. The first-order valence-electron chi connectivity index (χ1n) is 10.5.